The molecule has 1 atom stereocenters. The molecule has 0 saturated heterocycles. The molecule has 24 heavy (non-hydrogen) atoms. The van der Waals surface area contributed by atoms with E-state index in [1.165, 1.54) is 83.5 Å². The van der Waals surface area contributed by atoms with Crippen molar-refractivity contribution in [3.05, 3.63) is 0 Å². The summed E-state index contributed by atoms with van der Waals surface area (Å²) in [6.45, 7) is 2.26. The Morgan fingerprint density at radius 3 is 1.25 bits per heavy atom. The molecule has 0 spiro atoms. The lowest BCUT2D eigenvalue weighted by atomic mass is 10.0. The molecule has 0 aliphatic heterocycles. The highest BCUT2D eigenvalue weighted by molar-refractivity contribution is 7.86. The second kappa shape index (κ2) is 16.3. The molecule has 0 saturated carbocycles. The van der Waals surface area contributed by atoms with Crippen molar-refractivity contribution >= 4 is 10.1 Å². The molecule has 3 N–H and O–H groups in total. The number of rotatable bonds is 18. The number of hydrogen-bond acceptors (Lipinski definition) is 3. The summed E-state index contributed by atoms with van der Waals surface area (Å²) in [4.78, 5) is 0. The monoisotopic (exact) mass is 363 g/mol. The zero-order valence-corrected chi connectivity index (χ0v) is 16.7. The molecule has 0 heterocycles. The SMILES string of the molecule is CCCCCCCCCCCCCCCCCCC(N)S(=O)(=O)O. The highest BCUT2D eigenvalue weighted by Gasteiger charge is 2.16. The molecule has 0 aliphatic rings. The number of nitrogens with two attached hydrogens (primary N) is 1. The third kappa shape index (κ3) is 16.7. The fourth-order valence-corrected chi connectivity index (χ4v) is 3.51. The van der Waals surface area contributed by atoms with Gasteiger partial charge in [-0.3, -0.25) is 4.55 Å². The molecule has 0 amide bonds. The smallest absolute Gasteiger partial charge is 0.280 e. The topological polar surface area (TPSA) is 80.4 Å². The van der Waals surface area contributed by atoms with Crippen molar-refractivity contribution in [1.82, 2.24) is 0 Å². The van der Waals surface area contributed by atoms with Crippen molar-refractivity contribution in [2.75, 3.05) is 0 Å². The molecule has 4 nitrogen and oxygen atoms in total. The normalized spacial score (nSPS) is 13.3. The number of unbranched alkanes of at least 4 members (excludes halogenated alkanes) is 15. The summed E-state index contributed by atoms with van der Waals surface area (Å²) < 4.78 is 30.3. The van der Waals surface area contributed by atoms with Crippen LogP contribution in [0.2, 0.25) is 0 Å². The van der Waals surface area contributed by atoms with Crippen LogP contribution >= 0.6 is 0 Å². The van der Waals surface area contributed by atoms with Crippen molar-refractivity contribution in [2.45, 2.75) is 121 Å². The van der Waals surface area contributed by atoms with E-state index in [1.807, 2.05) is 0 Å². The fourth-order valence-electron chi connectivity index (χ4n) is 3.04. The van der Waals surface area contributed by atoms with Crippen molar-refractivity contribution < 1.29 is 13.0 Å². The van der Waals surface area contributed by atoms with Crippen LogP contribution in [0.4, 0.5) is 0 Å². The van der Waals surface area contributed by atoms with Crippen LogP contribution in [-0.4, -0.2) is 18.3 Å². The summed E-state index contributed by atoms with van der Waals surface area (Å²) in [5.41, 5.74) is 5.37. The van der Waals surface area contributed by atoms with Crippen molar-refractivity contribution in [3.8, 4) is 0 Å². The van der Waals surface area contributed by atoms with E-state index in [1.54, 1.807) is 0 Å². The van der Waals surface area contributed by atoms with Gasteiger partial charge in [-0.15, -0.1) is 0 Å². The van der Waals surface area contributed by atoms with Crippen LogP contribution in [0.5, 0.6) is 0 Å². The minimum absolute atomic E-state index is 0.358. The van der Waals surface area contributed by atoms with Crippen LogP contribution in [0.1, 0.15) is 116 Å². The van der Waals surface area contributed by atoms with E-state index in [2.05, 4.69) is 6.92 Å². The quantitative estimate of drug-likeness (QED) is 0.238. The zero-order valence-electron chi connectivity index (χ0n) is 15.8. The Bertz CT molecular complexity index is 358. The van der Waals surface area contributed by atoms with Gasteiger partial charge in [0.25, 0.3) is 10.1 Å². The Kier molecular flexibility index (Phi) is 16.3. The van der Waals surface area contributed by atoms with Gasteiger partial charge in [0, 0.05) is 0 Å². The van der Waals surface area contributed by atoms with E-state index in [9.17, 15) is 8.42 Å². The van der Waals surface area contributed by atoms with Crippen LogP contribution in [-0.2, 0) is 10.1 Å². The lowest BCUT2D eigenvalue weighted by Gasteiger charge is -2.07. The zero-order chi connectivity index (χ0) is 18.1. The van der Waals surface area contributed by atoms with Crippen molar-refractivity contribution in [3.63, 3.8) is 0 Å². The Balaban J connectivity index is 3.13. The lowest BCUT2D eigenvalue weighted by molar-refractivity contribution is 0.457. The van der Waals surface area contributed by atoms with Gasteiger partial charge in [0.1, 0.15) is 5.37 Å². The maximum atomic E-state index is 10.8. The Morgan fingerprint density at radius 1 is 0.667 bits per heavy atom. The van der Waals surface area contributed by atoms with E-state index < -0.39 is 15.5 Å². The summed E-state index contributed by atoms with van der Waals surface area (Å²) in [7, 11) is -4.05. The molecule has 0 fully saturated rings. The van der Waals surface area contributed by atoms with E-state index >= 15 is 0 Å². The van der Waals surface area contributed by atoms with E-state index in [0.717, 1.165) is 19.3 Å². The Labute approximate surface area is 150 Å². The van der Waals surface area contributed by atoms with Gasteiger partial charge in [-0.1, -0.05) is 110 Å². The molecular formula is C19H41NO3S. The molecule has 0 aromatic heterocycles. The summed E-state index contributed by atoms with van der Waals surface area (Å²) in [6, 6.07) is 0. The number of hydrogen-bond donors (Lipinski definition) is 2. The van der Waals surface area contributed by atoms with E-state index in [4.69, 9.17) is 10.3 Å². The van der Waals surface area contributed by atoms with E-state index in [-0.39, 0.29) is 0 Å². The second-order valence-corrected chi connectivity index (χ2v) is 8.78. The predicted octanol–water partition coefficient (Wildman–Crippen LogP) is 5.81. The van der Waals surface area contributed by atoms with Gasteiger partial charge in [0.05, 0.1) is 0 Å². The van der Waals surface area contributed by atoms with Gasteiger partial charge in [0.15, 0.2) is 0 Å². The molecule has 1 unspecified atom stereocenters. The molecule has 5 heteroatoms. The first-order chi connectivity index (χ1) is 11.5. The average Bonchev–Trinajstić information content (AvgIpc) is 2.53. The predicted molar refractivity (Wildman–Crippen MR) is 104 cm³/mol. The van der Waals surface area contributed by atoms with Crippen molar-refractivity contribution in [2.24, 2.45) is 5.73 Å². The second-order valence-electron chi connectivity index (χ2n) is 7.15. The third-order valence-electron chi connectivity index (χ3n) is 4.72. The maximum absolute atomic E-state index is 10.8. The van der Waals surface area contributed by atoms with Gasteiger partial charge >= 0.3 is 0 Å². The minimum Gasteiger partial charge on any atom is -0.313 e. The van der Waals surface area contributed by atoms with Crippen LogP contribution in [0, 0.1) is 0 Å². The first-order valence-corrected chi connectivity index (χ1v) is 11.7. The summed E-state index contributed by atoms with van der Waals surface area (Å²) >= 11 is 0. The highest BCUT2D eigenvalue weighted by Crippen LogP contribution is 2.14. The Hall–Kier alpha value is -0.130. The molecule has 0 aromatic rings. The highest BCUT2D eigenvalue weighted by atomic mass is 32.2. The standard InChI is InChI=1S/C19H41NO3S/c1-2-3-4-5-6-7-8-9-10-11-12-13-14-15-16-17-18-19(20)24(21,22)23/h19H,2-18,20H2,1H3,(H,21,22,23). The van der Waals surface area contributed by atoms with E-state index in [0.29, 0.717) is 6.42 Å². The lowest BCUT2D eigenvalue weighted by Crippen LogP contribution is -2.29. The molecule has 146 valence electrons. The van der Waals surface area contributed by atoms with Crippen LogP contribution in [0.25, 0.3) is 0 Å². The van der Waals surface area contributed by atoms with Crippen LogP contribution in [0.15, 0.2) is 0 Å². The molecule has 0 radical (unpaired) electrons. The molecular weight excluding hydrogens is 322 g/mol. The molecule has 0 rings (SSSR count). The van der Waals surface area contributed by atoms with Gasteiger partial charge < -0.3 is 5.73 Å². The summed E-state index contributed by atoms with van der Waals surface area (Å²) in [5.74, 6) is 0. The van der Waals surface area contributed by atoms with Crippen LogP contribution in [0.3, 0.4) is 0 Å². The third-order valence-corrected chi connectivity index (χ3v) is 5.73. The summed E-state index contributed by atoms with van der Waals surface area (Å²) in [5, 5.41) is -1.11. The maximum Gasteiger partial charge on any atom is 0.280 e. The molecule has 0 aliphatic carbocycles. The first-order valence-electron chi connectivity index (χ1n) is 10.2. The largest absolute Gasteiger partial charge is 0.313 e. The fraction of sp³-hybridized carbons (Fsp3) is 1.00. The van der Waals surface area contributed by atoms with Gasteiger partial charge in [-0.2, -0.15) is 8.42 Å². The van der Waals surface area contributed by atoms with Gasteiger partial charge in [-0.25, -0.2) is 0 Å². The Morgan fingerprint density at radius 2 is 0.958 bits per heavy atom. The average molecular weight is 364 g/mol. The first kappa shape index (κ1) is 23.9. The van der Waals surface area contributed by atoms with Gasteiger partial charge in [-0.05, 0) is 6.42 Å². The minimum atomic E-state index is -4.05. The molecule has 0 bridgehead atoms. The van der Waals surface area contributed by atoms with Gasteiger partial charge in [0.2, 0.25) is 0 Å². The van der Waals surface area contributed by atoms with Crippen LogP contribution < -0.4 is 5.73 Å². The molecule has 0 aromatic carbocycles. The van der Waals surface area contributed by atoms with Crippen molar-refractivity contribution in [1.29, 1.82) is 0 Å². The summed E-state index contributed by atoms with van der Waals surface area (Å²) in [6.07, 6.45) is 21.0.